The minimum atomic E-state index is -1.57. The Morgan fingerprint density at radius 2 is 1.07 bits per heavy atom. The molecule has 0 aliphatic heterocycles. The van der Waals surface area contributed by atoms with Gasteiger partial charge in [-0.1, -0.05) is 0 Å². The smallest absolute Gasteiger partial charge is 0.115 e. The van der Waals surface area contributed by atoms with Crippen molar-refractivity contribution in [3.63, 3.8) is 0 Å². The molecule has 0 bridgehead atoms. The summed E-state index contributed by atoms with van der Waals surface area (Å²) < 4.78 is 5.17. The van der Waals surface area contributed by atoms with Crippen LogP contribution in [0.2, 0.25) is 0 Å². The number of hydrogen-bond acceptors (Lipinski definition) is 6. The molecule has 0 aromatic heterocycles. The monoisotopic (exact) mass is 222 g/mol. The highest BCUT2D eigenvalue weighted by atomic mass is 16.5. The van der Waals surface area contributed by atoms with Crippen LogP contribution >= 0.6 is 0 Å². The second-order valence-electron chi connectivity index (χ2n) is 4.10. The van der Waals surface area contributed by atoms with Crippen LogP contribution in [-0.2, 0) is 4.74 Å². The van der Waals surface area contributed by atoms with Crippen molar-refractivity contribution in [2.75, 3.05) is 0 Å². The van der Waals surface area contributed by atoms with Crippen LogP contribution in [0.1, 0.15) is 13.8 Å². The van der Waals surface area contributed by atoms with Gasteiger partial charge in [-0.05, 0) is 13.8 Å². The van der Waals surface area contributed by atoms with E-state index in [1.165, 1.54) is 0 Å². The first-order valence-electron chi connectivity index (χ1n) is 4.92. The molecule has 1 rings (SSSR count). The summed E-state index contributed by atoms with van der Waals surface area (Å²) in [4.78, 5) is 0. The van der Waals surface area contributed by atoms with Crippen LogP contribution in [0.15, 0.2) is 0 Å². The van der Waals surface area contributed by atoms with E-state index in [1.54, 1.807) is 13.8 Å². The summed E-state index contributed by atoms with van der Waals surface area (Å²) in [6.07, 6.45) is -8.81. The zero-order chi connectivity index (χ0) is 11.7. The van der Waals surface area contributed by atoms with E-state index in [2.05, 4.69) is 0 Å². The molecule has 0 heterocycles. The summed E-state index contributed by atoms with van der Waals surface area (Å²) in [5.41, 5.74) is 0. The van der Waals surface area contributed by atoms with Gasteiger partial charge in [-0.3, -0.25) is 0 Å². The van der Waals surface area contributed by atoms with Gasteiger partial charge in [0.25, 0.3) is 0 Å². The predicted octanol–water partition coefficient (Wildman–Crippen LogP) is -2.40. The fraction of sp³-hybridized carbons (Fsp3) is 1.00. The minimum Gasteiger partial charge on any atom is -0.387 e. The molecular formula is C9H18O6. The number of aliphatic hydroxyl groups excluding tert-OH is 5. The summed E-state index contributed by atoms with van der Waals surface area (Å²) in [5.74, 6) is 0. The number of ether oxygens (including phenoxy) is 1. The van der Waals surface area contributed by atoms with E-state index in [0.29, 0.717) is 0 Å². The van der Waals surface area contributed by atoms with Gasteiger partial charge < -0.3 is 30.3 Å². The standard InChI is InChI=1S/C9H18O6/c1-3(2)15-9-7(13)5(11)4(10)6(12)8(9)14/h3-14H,1-2H3/t4?,5-,6?,7?,8+,9-/m1/s1. The molecule has 6 atom stereocenters. The van der Waals surface area contributed by atoms with Crippen LogP contribution in [0, 0.1) is 0 Å². The molecular weight excluding hydrogens is 204 g/mol. The summed E-state index contributed by atoms with van der Waals surface area (Å²) in [6.45, 7) is 3.40. The Morgan fingerprint density at radius 3 is 1.40 bits per heavy atom. The maximum atomic E-state index is 9.54. The van der Waals surface area contributed by atoms with Crippen molar-refractivity contribution in [1.82, 2.24) is 0 Å². The summed E-state index contributed by atoms with van der Waals surface area (Å²) in [5, 5.41) is 47.1. The molecule has 0 amide bonds. The molecule has 6 nitrogen and oxygen atoms in total. The lowest BCUT2D eigenvalue weighted by molar-refractivity contribution is -0.242. The largest absolute Gasteiger partial charge is 0.387 e. The van der Waals surface area contributed by atoms with Crippen LogP contribution in [0.25, 0.3) is 0 Å². The van der Waals surface area contributed by atoms with E-state index in [4.69, 9.17) is 4.74 Å². The molecule has 1 aliphatic carbocycles. The van der Waals surface area contributed by atoms with Gasteiger partial charge >= 0.3 is 0 Å². The second kappa shape index (κ2) is 4.73. The van der Waals surface area contributed by atoms with Crippen molar-refractivity contribution >= 4 is 0 Å². The molecule has 5 N–H and O–H groups in total. The topological polar surface area (TPSA) is 110 Å². The van der Waals surface area contributed by atoms with Gasteiger partial charge in [0, 0.05) is 0 Å². The van der Waals surface area contributed by atoms with Gasteiger partial charge in [0.15, 0.2) is 0 Å². The third-order valence-electron chi connectivity index (χ3n) is 2.50. The van der Waals surface area contributed by atoms with Crippen molar-refractivity contribution in [2.45, 2.75) is 56.6 Å². The lowest BCUT2D eigenvalue weighted by Crippen LogP contribution is -2.64. The van der Waals surface area contributed by atoms with E-state index >= 15 is 0 Å². The molecule has 6 heteroatoms. The molecule has 0 spiro atoms. The molecule has 0 aromatic rings. The Bertz CT molecular complexity index is 193. The van der Waals surface area contributed by atoms with E-state index in [0.717, 1.165) is 0 Å². The van der Waals surface area contributed by atoms with Gasteiger partial charge in [0.05, 0.1) is 6.10 Å². The zero-order valence-electron chi connectivity index (χ0n) is 8.69. The maximum Gasteiger partial charge on any atom is 0.115 e. The first-order chi connectivity index (χ1) is 6.86. The Balaban J connectivity index is 2.77. The maximum absolute atomic E-state index is 9.54. The lowest BCUT2D eigenvalue weighted by Gasteiger charge is -2.42. The molecule has 3 unspecified atom stereocenters. The van der Waals surface area contributed by atoms with Crippen molar-refractivity contribution in [3.8, 4) is 0 Å². The molecule has 15 heavy (non-hydrogen) atoms. The van der Waals surface area contributed by atoms with Crippen LogP contribution in [-0.4, -0.2) is 68.3 Å². The molecule has 1 aliphatic rings. The molecule has 0 aromatic carbocycles. The van der Waals surface area contributed by atoms with Gasteiger partial charge in [-0.15, -0.1) is 0 Å². The summed E-state index contributed by atoms with van der Waals surface area (Å²) in [6, 6.07) is 0. The van der Waals surface area contributed by atoms with Gasteiger partial charge in [-0.25, -0.2) is 0 Å². The second-order valence-corrected chi connectivity index (χ2v) is 4.10. The molecule has 0 saturated heterocycles. The van der Waals surface area contributed by atoms with E-state index in [1.807, 2.05) is 0 Å². The Hall–Kier alpha value is -0.240. The minimum absolute atomic E-state index is 0.269. The Morgan fingerprint density at radius 1 is 0.733 bits per heavy atom. The highest BCUT2D eigenvalue weighted by Gasteiger charge is 2.49. The van der Waals surface area contributed by atoms with Gasteiger partial charge in [0.2, 0.25) is 0 Å². The summed E-state index contributed by atoms with van der Waals surface area (Å²) >= 11 is 0. The zero-order valence-corrected chi connectivity index (χ0v) is 8.69. The van der Waals surface area contributed by atoms with E-state index in [-0.39, 0.29) is 6.10 Å². The number of aliphatic hydroxyl groups is 5. The van der Waals surface area contributed by atoms with Crippen molar-refractivity contribution in [1.29, 1.82) is 0 Å². The molecule has 1 saturated carbocycles. The summed E-state index contributed by atoms with van der Waals surface area (Å²) in [7, 11) is 0. The lowest BCUT2D eigenvalue weighted by atomic mass is 9.85. The predicted molar refractivity (Wildman–Crippen MR) is 50.0 cm³/mol. The van der Waals surface area contributed by atoms with E-state index in [9.17, 15) is 25.5 Å². The van der Waals surface area contributed by atoms with E-state index < -0.39 is 36.6 Å². The van der Waals surface area contributed by atoms with Crippen LogP contribution < -0.4 is 0 Å². The highest BCUT2D eigenvalue weighted by Crippen LogP contribution is 2.24. The van der Waals surface area contributed by atoms with Crippen LogP contribution in [0.3, 0.4) is 0 Å². The number of hydrogen-bond donors (Lipinski definition) is 5. The first-order valence-corrected chi connectivity index (χ1v) is 4.92. The van der Waals surface area contributed by atoms with Gasteiger partial charge in [0.1, 0.15) is 36.6 Å². The van der Waals surface area contributed by atoms with Crippen LogP contribution in [0.5, 0.6) is 0 Å². The first kappa shape index (κ1) is 12.8. The molecule has 1 fully saturated rings. The fourth-order valence-corrected chi connectivity index (χ4v) is 1.67. The fourth-order valence-electron chi connectivity index (χ4n) is 1.67. The molecule has 0 radical (unpaired) electrons. The molecule has 90 valence electrons. The van der Waals surface area contributed by atoms with Gasteiger partial charge in [-0.2, -0.15) is 0 Å². The quantitative estimate of drug-likeness (QED) is 0.356. The van der Waals surface area contributed by atoms with Crippen molar-refractivity contribution in [2.24, 2.45) is 0 Å². The van der Waals surface area contributed by atoms with Crippen molar-refractivity contribution < 1.29 is 30.3 Å². The Labute approximate surface area is 87.7 Å². The highest BCUT2D eigenvalue weighted by molar-refractivity contribution is 4.99. The number of rotatable bonds is 2. The third-order valence-corrected chi connectivity index (χ3v) is 2.50. The third kappa shape index (κ3) is 2.47. The normalized spacial score (nSPS) is 47.2. The average Bonchev–Trinajstić information content (AvgIpc) is 2.18. The Kier molecular flexibility index (Phi) is 4.05. The average molecular weight is 222 g/mol. The van der Waals surface area contributed by atoms with Crippen LogP contribution in [0.4, 0.5) is 0 Å². The van der Waals surface area contributed by atoms with Crippen molar-refractivity contribution in [3.05, 3.63) is 0 Å². The SMILES string of the molecule is CC(C)O[C@@H]1C(O)[C@H](O)C(O)C(O)[C@@H]1O.